The molecule has 0 saturated carbocycles. The number of carbonyl (C=O) groups excluding carboxylic acids is 2. The van der Waals surface area contributed by atoms with Crippen LogP contribution in [0.3, 0.4) is 0 Å². The average Bonchev–Trinajstić information content (AvgIpc) is 2.90. The van der Waals surface area contributed by atoms with Crippen molar-refractivity contribution < 1.29 is 22.7 Å². The van der Waals surface area contributed by atoms with Crippen molar-refractivity contribution >= 4 is 27.5 Å². The number of methoxy groups -OCH3 is 1. The lowest BCUT2D eigenvalue weighted by Gasteiger charge is -2.32. The summed E-state index contributed by atoms with van der Waals surface area (Å²) in [5.74, 6) is -0.537. The summed E-state index contributed by atoms with van der Waals surface area (Å²) in [4.78, 5) is 28.5. The van der Waals surface area contributed by atoms with Crippen LogP contribution in [0.25, 0.3) is 0 Å². The van der Waals surface area contributed by atoms with Crippen LogP contribution in [0.1, 0.15) is 37.5 Å². The van der Waals surface area contributed by atoms with E-state index in [2.05, 4.69) is 5.32 Å². The minimum Gasteiger partial charge on any atom is -0.495 e. The van der Waals surface area contributed by atoms with Crippen LogP contribution in [0, 0.1) is 13.8 Å². The molecule has 2 amide bonds. The Bertz CT molecular complexity index is 1390. The number of nitrogens with one attached hydrogen (secondary N) is 1. The van der Waals surface area contributed by atoms with Gasteiger partial charge in [-0.1, -0.05) is 54.1 Å². The minimum atomic E-state index is -4.17. The largest absolute Gasteiger partial charge is 0.495 e. The third kappa shape index (κ3) is 7.38. The van der Waals surface area contributed by atoms with Gasteiger partial charge in [0, 0.05) is 12.6 Å². The van der Waals surface area contributed by atoms with E-state index in [-0.39, 0.29) is 29.1 Å². The highest BCUT2D eigenvalue weighted by Crippen LogP contribution is 2.33. The van der Waals surface area contributed by atoms with E-state index in [1.165, 1.54) is 24.1 Å². The van der Waals surface area contributed by atoms with Gasteiger partial charge in [0.2, 0.25) is 11.8 Å². The monoisotopic (exact) mass is 551 g/mol. The molecule has 0 aliphatic rings. The number of amides is 2. The van der Waals surface area contributed by atoms with Crippen LogP contribution in [0.4, 0.5) is 5.69 Å². The lowest BCUT2D eigenvalue weighted by Crippen LogP contribution is -2.52. The Hall–Kier alpha value is -3.85. The predicted octanol–water partition coefficient (Wildman–Crippen LogP) is 4.45. The summed E-state index contributed by atoms with van der Waals surface area (Å²) < 4.78 is 34.4. The van der Waals surface area contributed by atoms with Crippen LogP contribution in [0.2, 0.25) is 0 Å². The third-order valence-electron chi connectivity index (χ3n) is 6.28. The topological polar surface area (TPSA) is 96.0 Å². The van der Waals surface area contributed by atoms with Crippen LogP contribution in [-0.2, 0) is 26.2 Å². The molecule has 0 bridgehead atoms. The van der Waals surface area contributed by atoms with E-state index in [9.17, 15) is 18.0 Å². The smallest absolute Gasteiger partial charge is 0.264 e. The first kappa shape index (κ1) is 29.7. The molecular weight excluding hydrogens is 514 g/mol. The molecule has 208 valence electrons. The van der Waals surface area contributed by atoms with E-state index in [1.54, 1.807) is 43.3 Å². The van der Waals surface area contributed by atoms with Crippen molar-refractivity contribution in [1.82, 2.24) is 10.2 Å². The average molecular weight is 552 g/mol. The maximum Gasteiger partial charge on any atom is 0.264 e. The third-order valence-corrected chi connectivity index (χ3v) is 8.06. The highest BCUT2D eigenvalue weighted by molar-refractivity contribution is 7.92. The quantitative estimate of drug-likeness (QED) is 0.380. The van der Waals surface area contributed by atoms with Gasteiger partial charge in [-0.05, 0) is 70.0 Å². The van der Waals surface area contributed by atoms with Gasteiger partial charge in [-0.3, -0.25) is 13.9 Å². The Balaban J connectivity index is 2.08. The lowest BCUT2D eigenvalue weighted by atomic mass is 10.1. The maximum absolute atomic E-state index is 14.0. The standard InChI is InChI=1S/C30H37N3O5S/c1-21(2)31-30(35)24(5)32(19-25-15-12-22(3)13-16-25)29(34)20-33(27-18-23(4)14-17-28(27)38-6)39(36,37)26-10-8-7-9-11-26/h7-18,21,24H,19-20H2,1-6H3,(H,31,35)/t24-/m0/s1. The molecule has 0 aliphatic carbocycles. The first-order valence-electron chi connectivity index (χ1n) is 12.8. The van der Waals surface area contributed by atoms with E-state index < -0.39 is 28.5 Å². The molecule has 1 atom stereocenters. The summed E-state index contributed by atoms with van der Waals surface area (Å²) in [5.41, 5.74) is 2.93. The number of carbonyl (C=O) groups is 2. The van der Waals surface area contributed by atoms with Gasteiger partial charge in [0.15, 0.2) is 0 Å². The van der Waals surface area contributed by atoms with Gasteiger partial charge >= 0.3 is 0 Å². The molecule has 0 unspecified atom stereocenters. The van der Waals surface area contributed by atoms with Crippen molar-refractivity contribution in [3.05, 3.63) is 89.5 Å². The molecule has 39 heavy (non-hydrogen) atoms. The fourth-order valence-electron chi connectivity index (χ4n) is 4.11. The molecule has 0 aromatic heterocycles. The second-order valence-corrected chi connectivity index (χ2v) is 11.7. The molecular formula is C30H37N3O5S. The van der Waals surface area contributed by atoms with E-state index in [1.807, 2.05) is 52.0 Å². The number of aryl methyl sites for hydroxylation is 2. The van der Waals surface area contributed by atoms with E-state index in [4.69, 9.17) is 4.74 Å². The Morgan fingerprint density at radius 3 is 2.10 bits per heavy atom. The van der Waals surface area contributed by atoms with Gasteiger partial charge in [0.05, 0.1) is 17.7 Å². The summed E-state index contributed by atoms with van der Waals surface area (Å²) >= 11 is 0. The number of hydrogen-bond donors (Lipinski definition) is 1. The van der Waals surface area contributed by atoms with Crippen LogP contribution in [0.15, 0.2) is 77.7 Å². The van der Waals surface area contributed by atoms with Crippen molar-refractivity contribution in [3.63, 3.8) is 0 Å². The molecule has 8 nitrogen and oxygen atoms in total. The molecule has 3 aromatic carbocycles. The lowest BCUT2D eigenvalue weighted by molar-refractivity contribution is -0.139. The Labute approximate surface area is 231 Å². The van der Waals surface area contributed by atoms with Crippen molar-refractivity contribution in [2.45, 2.75) is 58.1 Å². The van der Waals surface area contributed by atoms with E-state index in [0.717, 1.165) is 21.0 Å². The number of hydrogen-bond acceptors (Lipinski definition) is 5. The zero-order valence-electron chi connectivity index (χ0n) is 23.3. The zero-order chi connectivity index (χ0) is 28.7. The van der Waals surface area contributed by atoms with Gasteiger partial charge in [0.1, 0.15) is 18.3 Å². The minimum absolute atomic E-state index is 0.0389. The van der Waals surface area contributed by atoms with Crippen molar-refractivity contribution in [1.29, 1.82) is 0 Å². The maximum atomic E-state index is 14.0. The Morgan fingerprint density at radius 1 is 0.897 bits per heavy atom. The van der Waals surface area contributed by atoms with Crippen molar-refractivity contribution in [2.24, 2.45) is 0 Å². The number of sulfonamides is 1. The van der Waals surface area contributed by atoms with Gasteiger partial charge in [-0.2, -0.15) is 0 Å². The van der Waals surface area contributed by atoms with E-state index >= 15 is 0 Å². The highest BCUT2D eigenvalue weighted by atomic mass is 32.2. The molecule has 0 radical (unpaired) electrons. The van der Waals surface area contributed by atoms with Crippen molar-refractivity contribution in [2.75, 3.05) is 18.0 Å². The molecule has 0 saturated heterocycles. The van der Waals surface area contributed by atoms with Crippen LogP contribution < -0.4 is 14.4 Å². The number of benzene rings is 3. The van der Waals surface area contributed by atoms with Gasteiger partial charge in [-0.25, -0.2) is 8.42 Å². The SMILES string of the molecule is COc1ccc(C)cc1N(CC(=O)N(Cc1ccc(C)cc1)[C@@H](C)C(=O)NC(C)C)S(=O)(=O)c1ccccc1. The Morgan fingerprint density at radius 2 is 1.51 bits per heavy atom. The summed E-state index contributed by atoms with van der Waals surface area (Å²) in [6.45, 7) is 8.74. The second-order valence-electron chi connectivity index (χ2n) is 9.85. The molecule has 0 spiro atoms. The van der Waals surface area contributed by atoms with Gasteiger partial charge < -0.3 is 15.0 Å². The van der Waals surface area contributed by atoms with E-state index in [0.29, 0.717) is 5.75 Å². The predicted molar refractivity (Wildman–Crippen MR) is 153 cm³/mol. The molecule has 0 fully saturated rings. The molecule has 1 N–H and O–H groups in total. The number of anilines is 1. The van der Waals surface area contributed by atoms with Crippen LogP contribution in [0.5, 0.6) is 5.75 Å². The summed E-state index contributed by atoms with van der Waals surface area (Å²) in [7, 11) is -2.72. The summed E-state index contributed by atoms with van der Waals surface area (Å²) in [6, 6.07) is 19.8. The fourth-order valence-corrected chi connectivity index (χ4v) is 5.54. The molecule has 9 heteroatoms. The fraction of sp³-hybridized carbons (Fsp3) is 0.333. The zero-order valence-corrected chi connectivity index (χ0v) is 24.2. The first-order valence-corrected chi connectivity index (χ1v) is 14.3. The highest BCUT2D eigenvalue weighted by Gasteiger charge is 2.34. The molecule has 0 aliphatic heterocycles. The Kier molecular flexibility index (Phi) is 9.75. The normalized spacial score (nSPS) is 12.1. The van der Waals surface area contributed by atoms with Crippen LogP contribution in [-0.4, -0.2) is 50.9 Å². The number of ether oxygens (including phenoxy) is 1. The number of rotatable bonds is 11. The summed E-state index contributed by atoms with van der Waals surface area (Å²) in [6.07, 6.45) is 0. The van der Waals surface area contributed by atoms with Gasteiger partial charge in [-0.15, -0.1) is 0 Å². The first-order chi connectivity index (χ1) is 18.4. The number of nitrogens with zero attached hydrogens (tertiary/aromatic N) is 2. The molecule has 3 aromatic rings. The summed E-state index contributed by atoms with van der Waals surface area (Å²) in [5, 5.41) is 2.85. The second kappa shape index (κ2) is 12.8. The van der Waals surface area contributed by atoms with Gasteiger partial charge in [0.25, 0.3) is 10.0 Å². The molecule has 0 heterocycles. The van der Waals surface area contributed by atoms with Crippen molar-refractivity contribution in [3.8, 4) is 5.75 Å². The van der Waals surface area contributed by atoms with Crippen LogP contribution >= 0.6 is 0 Å². The molecule has 3 rings (SSSR count).